The van der Waals surface area contributed by atoms with Crippen LogP contribution in [0.5, 0.6) is 11.5 Å². The number of non-ortho nitro benzene ring substituents is 1. The number of hydrogen-bond donors (Lipinski definition) is 0. The Morgan fingerprint density at radius 2 is 1.87 bits per heavy atom. The van der Waals surface area contributed by atoms with Crippen molar-refractivity contribution in [3.63, 3.8) is 0 Å². The Morgan fingerprint density at radius 1 is 1.13 bits per heavy atom. The van der Waals surface area contributed by atoms with E-state index in [9.17, 15) is 10.1 Å². The number of rotatable bonds is 3. The van der Waals surface area contributed by atoms with E-state index in [1.807, 2.05) is 25.1 Å². The van der Waals surface area contributed by atoms with Crippen LogP contribution in [0.1, 0.15) is 29.3 Å². The van der Waals surface area contributed by atoms with E-state index in [4.69, 9.17) is 19.1 Å². The molecule has 0 N–H and O–H groups in total. The molecular formula is C21H18N4O5. The lowest BCUT2D eigenvalue weighted by atomic mass is 9.94. The highest BCUT2D eigenvalue weighted by atomic mass is 16.7. The van der Waals surface area contributed by atoms with Gasteiger partial charge in [-0.1, -0.05) is 5.16 Å². The highest BCUT2D eigenvalue weighted by Crippen LogP contribution is 2.38. The molecule has 0 radical (unpaired) electrons. The van der Waals surface area contributed by atoms with Crippen molar-refractivity contribution in [2.45, 2.75) is 26.3 Å². The van der Waals surface area contributed by atoms with Crippen LogP contribution in [0.25, 0.3) is 0 Å². The largest absolute Gasteiger partial charge is 0.454 e. The summed E-state index contributed by atoms with van der Waals surface area (Å²) in [7, 11) is 0. The molecule has 3 heterocycles. The predicted octanol–water partition coefficient (Wildman–Crippen LogP) is 3.82. The first-order valence-electron chi connectivity index (χ1n) is 9.48. The maximum atomic E-state index is 11.1. The number of anilines is 1. The number of aryl methyl sites for hydroxylation is 1. The first kappa shape index (κ1) is 18.2. The van der Waals surface area contributed by atoms with E-state index in [1.54, 1.807) is 17.1 Å². The van der Waals surface area contributed by atoms with Gasteiger partial charge in [0.05, 0.1) is 22.4 Å². The minimum atomic E-state index is -0.420. The molecule has 0 fully saturated rings. The Labute approximate surface area is 171 Å². The second-order valence-corrected chi connectivity index (χ2v) is 7.32. The highest BCUT2D eigenvalue weighted by Gasteiger charge is 2.29. The van der Waals surface area contributed by atoms with Crippen molar-refractivity contribution in [2.24, 2.45) is 5.10 Å². The minimum Gasteiger partial charge on any atom is -0.454 e. The van der Waals surface area contributed by atoms with Crippen LogP contribution in [0.2, 0.25) is 0 Å². The van der Waals surface area contributed by atoms with Gasteiger partial charge in [-0.25, -0.2) is 5.01 Å². The molecule has 0 saturated carbocycles. The standard InChI is InChI=1S/C21H18N4O5/c1-12-7-20(30-23-12)24-13(2)8-15-9-18-19(29-11-28-18)10-17(15)21(22-24)14-3-5-16(6-4-14)25(26)27/h3-7,9-10,13H,8,11H2,1-2H3. The molecule has 152 valence electrons. The Balaban J connectivity index is 1.68. The summed E-state index contributed by atoms with van der Waals surface area (Å²) >= 11 is 0. The fraction of sp³-hybridized carbons (Fsp3) is 0.238. The van der Waals surface area contributed by atoms with Crippen molar-refractivity contribution in [3.8, 4) is 11.5 Å². The van der Waals surface area contributed by atoms with Crippen molar-refractivity contribution >= 4 is 17.3 Å². The molecule has 5 rings (SSSR count). The van der Waals surface area contributed by atoms with E-state index in [0.717, 1.165) is 22.4 Å². The van der Waals surface area contributed by atoms with Gasteiger partial charge in [-0.15, -0.1) is 0 Å². The van der Waals surface area contributed by atoms with Crippen molar-refractivity contribution in [2.75, 3.05) is 11.8 Å². The topological polar surface area (TPSA) is 103 Å². The average molecular weight is 406 g/mol. The molecule has 2 aromatic carbocycles. The van der Waals surface area contributed by atoms with Gasteiger partial charge in [0.2, 0.25) is 12.7 Å². The first-order chi connectivity index (χ1) is 14.5. The van der Waals surface area contributed by atoms with Crippen LogP contribution in [-0.4, -0.2) is 28.6 Å². The summed E-state index contributed by atoms with van der Waals surface area (Å²) in [6, 6.07) is 12.0. The second kappa shape index (κ2) is 6.87. The normalized spacial score (nSPS) is 17.3. The maximum Gasteiger partial charge on any atom is 0.269 e. The third kappa shape index (κ3) is 3.04. The lowest BCUT2D eigenvalue weighted by Crippen LogP contribution is -2.29. The molecule has 0 aliphatic carbocycles. The summed E-state index contributed by atoms with van der Waals surface area (Å²) in [5.41, 5.74) is 4.12. The van der Waals surface area contributed by atoms with Gasteiger partial charge >= 0.3 is 0 Å². The van der Waals surface area contributed by atoms with Gasteiger partial charge in [0, 0.05) is 29.3 Å². The molecule has 0 amide bonds. The molecule has 3 aromatic rings. The molecule has 9 nitrogen and oxygen atoms in total. The zero-order valence-electron chi connectivity index (χ0n) is 16.4. The van der Waals surface area contributed by atoms with Gasteiger partial charge in [-0.2, -0.15) is 5.10 Å². The molecule has 9 heteroatoms. The Hall–Kier alpha value is -3.88. The van der Waals surface area contributed by atoms with Crippen LogP contribution in [0.3, 0.4) is 0 Å². The smallest absolute Gasteiger partial charge is 0.269 e. The summed E-state index contributed by atoms with van der Waals surface area (Å²) in [6.45, 7) is 4.08. The van der Waals surface area contributed by atoms with E-state index >= 15 is 0 Å². The Kier molecular flexibility index (Phi) is 4.16. The third-order valence-corrected chi connectivity index (χ3v) is 5.19. The summed E-state index contributed by atoms with van der Waals surface area (Å²) in [4.78, 5) is 10.6. The van der Waals surface area contributed by atoms with Crippen LogP contribution in [0, 0.1) is 17.0 Å². The fourth-order valence-electron chi connectivity index (χ4n) is 3.72. The number of nitro groups is 1. The predicted molar refractivity (Wildman–Crippen MR) is 108 cm³/mol. The molecule has 0 bridgehead atoms. The average Bonchev–Trinajstić information content (AvgIpc) is 3.33. The van der Waals surface area contributed by atoms with Gasteiger partial charge in [-0.3, -0.25) is 10.1 Å². The fourth-order valence-corrected chi connectivity index (χ4v) is 3.72. The van der Waals surface area contributed by atoms with Crippen molar-refractivity contribution < 1.29 is 18.9 Å². The monoisotopic (exact) mass is 406 g/mol. The lowest BCUT2D eigenvalue weighted by molar-refractivity contribution is -0.384. The number of hydrazone groups is 1. The molecule has 2 aliphatic heterocycles. The van der Waals surface area contributed by atoms with Crippen molar-refractivity contribution in [1.82, 2.24) is 5.16 Å². The summed E-state index contributed by atoms with van der Waals surface area (Å²) in [5, 5.41) is 21.8. The van der Waals surface area contributed by atoms with Gasteiger partial charge in [0.1, 0.15) is 0 Å². The molecule has 1 aromatic heterocycles. The number of nitro benzene ring substituents is 1. The van der Waals surface area contributed by atoms with Gasteiger partial charge < -0.3 is 14.0 Å². The molecule has 1 unspecified atom stereocenters. The van der Waals surface area contributed by atoms with Crippen LogP contribution < -0.4 is 14.5 Å². The molecule has 0 spiro atoms. The highest BCUT2D eigenvalue weighted by molar-refractivity contribution is 6.14. The zero-order chi connectivity index (χ0) is 20.8. The van der Waals surface area contributed by atoms with Crippen LogP contribution in [0.4, 0.5) is 11.6 Å². The summed E-state index contributed by atoms with van der Waals surface area (Å²) in [5.74, 6) is 1.89. The number of nitrogens with zero attached hydrogens (tertiary/aromatic N) is 4. The Bertz CT molecular complexity index is 1170. The number of ether oxygens (including phenoxy) is 2. The third-order valence-electron chi connectivity index (χ3n) is 5.19. The summed E-state index contributed by atoms with van der Waals surface area (Å²) < 4.78 is 16.6. The molecule has 2 aliphatic rings. The molecular weight excluding hydrogens is 388 g/mol. The second-order valence-electron chi connectivity index (χ2n) is 7.32. The van der Waals surface area contributed by atoms with Crippen molar-refractivity contribution in [1.29, 1.82) is 0 Å². The zero-order valence-corrected chi connectivity index (χ0v) is 16.4. The quantitative estimate of drug-likeness (QED) is 0.481. The van der Waals surface area contributed by atoms with Crippen molar-refractivity contribution in [3.05, 3.63) is 75.0 Å². The number of fused-ring (bicyclic) bond motifs is 2. The minimum absolute atomic E-state index is 0.0213. The van der Waals surface area contributed by atoms with E-state index in [-0.39, 0.29) is 18.5 Å². The van der Waals surface area contributed by atoms with Crippen LogP contribution in [0.15, 0.2) is 52.1 Å². The SMILES string of the molecule is Cc1cc(N2N=C(c3ccc([N+](=O)[O-])cc3)c3cc4c(cc3CC2C)OCO4)on1. The van der Waals surface area contributed by atoms with E-state index < -0.39 is 4.92 Å². The number of benzene rings is 2. The van der Waals surface area contributed by atoms with Gasteiger partial charge in [-0.05, 0) is 50.1 Å². The number of aromatic nitrogens is 1. The van der Waals surface area contributed by atoms with Gasteiger partial charge in [0.25, 0.3) is 5.69 Å². The maximum absolute atomic E-state index is 11.1. The Morgan fingerprint density at radius 3 is 2.53 bits per heavy atom. The van der Waals surface area contributed by atoms with Gasteiger partial charge in [0.15, 0.2) is 11.5 Å². The molecule has 1 atom stereocenters. The first-order valence-corrected chi connectivity index (χ1v) is 9.48. The lowest BCUT2D eigenvalue weighted by Gasteiger charge is -2.21. The number of hydrogen-bond acceptors (Lipinski definition) is 8. The van der Waals surface area contributed by atoms with E-state index in [1.165, 1.54) is 12.1 Å². The summed E-state index contributed by atoms with van der Waals surface area (Å²) in [6.07, 6.45) is 0.686. The molecule has 30 heavy (non-hydrogen) atoms. The van der Waals surface area contributed by atoms with E-state index in [2.05, 4.69) is 12.1 Å². The van der Waals surface area contributed by atoms with Crippen LogP contribution >= 0.6 is 0 Å². The van der Waals surface area contributed by atoms with Crippen LogP contribution in [-0.2, 0) is 6.42 Å². The van der Waals surface area contributed by atoms with E-state index in [0.29, 0.717) is 29.5 Å². The molecule has 0 saturated heterocycles.